The normalized spacial score (nSPS) is 28.6. The number of hydrogen-bond donors (Lipinski definition) is 0. The Labute approximate surface area is 142 Å². The molecular weight excluding hydrogens is 302 g/mol. The van der Waals surface area contributed by atoms with Crippen LogP contribution in [0, 0.1) is 16.7 Å². The lowest BCUT2D eigenvalue weighted by Gasteiger charge is -2.32. The van der Waals surface area contributed by atoms with E-state index in [-0.39, 0.29) is 11.3 Å². The summed E-state index contributed by atoms with van der Waals surface area (Å²) >= 11 is 0. The van der Waals surface area contributed by atoms with Crippen LogP contribution in [0.2, 0.25) is 0 Å². The van der Waals surface area contributed by atoms with Gasteiger partial charge in [-0.05, 0) is 44.0 Å². The summed E-state index contributed by atoms with van der Waals surface area (Å²) in [5.41, 5.74) is 1.55. The van der Waals surface area contributed by atoms with E-state index in [0.29, 0.717) is 18.0 Å². The smallest absolute Gasteiger partial charge is 0.227 e. The van der Waals surface area contributed by atoms with Gasteiger partial charge in [-0.15, -0.1) is 0 Å². The first-order valence-corrected chi connectivity index (χ1v) is 8.81. The van der Waals surface area contributed by atoms with Gasteiger partial charge in [-0.25, -0.2) is 0 Å². The predicted molar refractivity (Wildman–Crippen MR) is 90.6 cm³/mol. The third-order valence-electron chi connectivity index (χ3n) is 5.78. The molecule has 0 N–H and O–H groups in total. The van der Waals surface area contributed by atoms with E-state index in [1.807, 2.05) is 23.1 Å². The zero-order valence-electron chi connectivity index (χ0n) is 13.9. The molecule has 3 heterocycles. The van der Waals surface area contributed by atoms with Crippen LogP contribution in [0.5, 0.6) is 0 Å². The summed E-state index contributed by atoms with van der Waals surface area (Å²) in [5.74, 6) is 0.193. The zero-order valence-corrected chi connectivity index (χ0v) is 13.9. The number of benzene rings is 1. The number of ether oxygens (including phenoxy) is 1. The number of carbonyl (C=O) groups excluding carboxylic acids is 1. The van der Waals surface area contributed by atoms with Crippen LogP contribution in [0.3, 0.4) is 0 Å². The number of likely N-dealkylation sites (tertiary alicyclic amines) is 1. The van der Waals surface area contributed by atoms with E-state index in [0.717, 1.165) is 57.8 Å². The van der Waals surface area contributed by atoms with Crippen molar-refractivity contribution in [3.8, 4) is 6.07 Å². The van der Waals surface area contributed by atoms with Crippen molar-refractivity contribution in [2.45, 2.75) is 31.7 Å². The van der Waals surface area contributed by atoms with Crippen LogP contribution in [0.4, 0.5) is 5.69 Å². The summed E-state index contributed by atoms with van der Waals surface area (Å²) in [5, 5.41) is 9.08. The third-order valence-corrected chi connectivity index (χ3v) is 5.78. The Morgan fingerprint density at radius 2 is 2.08 bits per heavy atom. The highest BCUT2D eigenvalue weighted by Gasteiger charge is 2.48. The Kier molecular flexibility index (Phi) is 4.03. The Balaban J connectivity index is 1.48. The van der Waals surface area contributed by atoms with Crippen molar-refractivity contribution < 1.29 is 9.53 Å². The maximum Gasteiger partial charge on any atom is 0.227 e. The predicted octanol–water partition coefficient (Wildman–Crippen LogP) is 2.17. The Bertz CT molecular complexity index is 677. The second-order valence-electron chi connectivity index (χ2n) is 7.38. The molecule has 0 aliphatic carbocycles. The molecule has 0 saturated carbocycles. The molecule has 5 heteroatoms. The van der Waals surface area contributed by atoms with Crippen LogP contribution in [0.15, 0.2) is 24.3 Å². The van der Waals surface area contributed by atoms with Crippen molar-refractivity contribution in [2.75, 3.05) is 37.7 Å². The molecule has 0 unspecified atom stereocenters. The van der Waals surface area contributed by atoms with E-state index in [4.69, 9.17) is 10.00 Å². The number of hydrogen-bond acceptors (Lipinski definition) is 4. The minimum absolute atomic E-state index is 0.0814. The molecule has 24 heavy (non-hydrogen) atoms. The molecule has 4 rings (SSSR count). The highest BCUT2D eigenvalue weighted by Crippen LogP contribution is 2.43. The van der Waals surface area contributed by atoms with Gasteiger partial charge in [0.2, 0.25) is 5.91 Å². The summed E-state index contributed by atoms with van der Waals surface area (Å²) in [6.45, 7) is 4.60. The molecule has 1 atom stereocenters. The van der Waals surface area contributed by atoms with Gasteiger partial charge in [-0.3, -0.25) is 9.69 Å². The van der Waals surface area contributed by atoms with E-state index < -0.39 is 0 Å². The molecule has 0 radical (unpaired) electrons. The largest absolute Gasteiger partial charge is 0.381 e. The second-order valence-corrected chi connectivity index (χ2v) is 7.38. The molecule has 0 bridgehead atoms. The molecule has 3 fully saturated rings. The molecule has 3 aliphatic heterocycles. The van der Waals surface area contributed by atoms with Crippen LogP contribution < -0.4 is 4.90 Å². The first-order chi connectivity index (χ1) is 11.7. The summed E-state index contributed by atoms with van der Waals surface area (Å²) in [4.78, 5) is 17.1. The van der Waals surface area contributed by atoms with Gasteiger partial charge in [0, 0.05) is 49.9 Å². The molecule has 0 aromatic heterocycles. The van der Waals surface area contributed by atoms with Crippen molar-refractivity contribution in [1.82, 2.24) is 4.90 Å². The second kappa shape index (κ2) is 6.19. The highest BCUT2D eigenvalue weighted by atomic mass is 16.5. The van der Waals surface area contributed by atoms with Gasteiger partial charge in [0.05, 0.1) is 11.6 Å². The SMILES string of the molecule is N#Cc1cccc(N2C[C@]3(CCN(C4CCOCC4)C3)CC2=O)c1. The number of carbonyl (C=O) groups is 1. The Hall–Kier alpha value is -1.90. The van der Waals surface area contributed by atoms with E-state index in [1.54, 1.807) is 6.07 Å². The van der Waals surface area contributed by atoms with E-state index >= 15 is 0 Å². The average molecular weight is 325 g/mol. The first kappa shape index (κ1) is 15.6. The molecule has 1 aromatic carbocycles. The van der Waals surface area contributed by atoms with E-state index in [9.17, 15) is 4.79 Å². The van der Waals surface area contributed by atoms with Gasteiger partial charge in [0.25, 0.3) is 0 Å². The lowest BCUT2D eigenvalue weighted by atomic mass is 9.86. The number of amides is 1. The maximum atomic E-state index is 12.6. The van der Waals surface area contributed by atoms with Gasteiger partial charge in [0.1, 0.15) is 0 Å². The fraction of sp³-hybridized carbons (Fsp3) is 0.579. The fourth-order valence-electron chi connectivity index (χ4n) is 4.48. The summed E-state index contributed by atoms with van der Waals surface area (Å²) in [6.07, 6.45) is 3.93. The summed E-state index contributed by atoms with van der Waals surface area (Å²) < 4.78 is 5.47. The number of nitriles is 1. The lowest BCUT2D eigenvalue weighted by Crippen LogP contribution is -2.40. The van der Waals surface area contributed by atoms with E-state index in [2.05, 4.69) is 11.0 Å². The van der Waals surface area contributed by atoms with Crippen LogP contribution in [-0.4, -0.2) is 49.7 Å². The number of anilines is 1. The summed E-state index contributed by atoms with van der Waals surface area (Å²) in [6, 6.07) is 10.2. The van der Waals surface area contributed by atoms with Crippen LogP contribution >= 0.6 is 0 Å². The topological polar surface area (TPSA) is 56.6 Å². The minimum Gasteiger partial charge on any atom is -0.381 e. The maximum absolute atomic E-state index is 12.6. The molecule has 3 saturated heterocycles. The molecule has 5 nitrogen and oxygen atoms in total. The van der Waals surface area contributed by atoms with Crippen LogP contribution in [0.25, 0.3) is 0 Å². The van der Waals surface area contributed by atoms with Gasteiger partial charge in [0.15, 0.2) is 0 Å². The van der Waals surface area contributed by atoms with Crippen molar-refractivity contribution in [3.63, 3.8) is 0 Å². The van der Waals surface area contributed by atoms with Gasteiger partial charge >= 0.3 is 0 Å². The Morgan fingerprint density at radius 1 is 1.25 bits per heavy atom. The number of nitrogens with zero attached hydrogens (tertiary/aromatic N) is 3. The molecular formula is C19H23N3O2. The standard InChI is InChI=1S/C19H23N3O2/c20-12-15-2-1-3-17(10-15)22-14-19(11-18(22)23)6-7-21(13-19)16-4-8-24-9-5-16/h1-3,10,16H,4-9,11,13-14H2/t19-/m1/s1. The van der Waals surface area contributed by atoms with Crippen LogP contribution in [-0.2, 0) is 9.53 Å². The average Bonchev–Trinajstić information content (AvgIpc) is 3.19. The van der Waals surface area contributed by atoms with Crippen molar-refractivity contribution >= 4 is 11.6 Å². The van der Waals surface area contributed by atoms with Crippen molar-refractivity contribution in [3.05, 3.63) is 29.8 Å². The fourth-order valence-corrected chi connectivity index (χ4v) is 4.48. The van der Waals surface area contributed by atoms with Gasteiger partial charge < -0.3 is 9.64 Å². The lowest BCUT2D eigenvalue weighted by molar-refractivity contribution is -0.117. The van der Waals surface area contributed by atoms with Crippen molar-refractivity contribution in [2.24, 2.45) is 5.41 Å². The summed E-state index contributed by atoms with van der Waals surface area (Å²) in [7, 11) is 0. The third kappa shape index (κ3) is 2.81. The van der Waals surface area contributed by atoms with Gasteiger partial charge in [-0.1, -0.05) is 6.07 Å². The minimum atomic E-state index is 0.0814. The monoisotopic (exact) mass is 325 g/mol. The van der Waals surface area contributed by atoms with Crippen molar-refractivity contribution in [1.29, 1.82) is 5.26 Å². The van der Waals surface area contributed by atoms with Crippen LogP contribution in [0.1, 0.15) is 31.2 Å². The molecule has 1 amide bonds. The highest BCUT2D eigenvalue weighted by molar-refractivity contribution is 5.96. The number of rotatable bonds is 2. The molecule has 126 valence electrons. The van der Waals surface area contributed by atoms with E-state index in [1.165, 1.54) is 0 Å². The molecule has 1 spiro atoms. The molecule has 3 aliphatic rings. The Morgan fingerprint density at radius 3 is 2.88 bits per heavy atom. The van der Waals surface area contributed by atoms with Gasteiger partial charge in [-0.2, -0.15) is 5.26 Å². The first-order valence-electron chi connectivity index (χ1n) is 8.81. The molecule has 1 aromatic rings. The quantitative estimate of drug-likeness (QED) is 0.836. The zero-order chi connectivity index (χ0) is 16.6.